The molecule has 2 aromatic rings. The molecule has 4 rings (SSSR count). The maximum absolute atomic E-state index is 13.4. The van der Waals surface area contributed by atoms with Gasteiger partial charge < -0.3 is 14.8 Å². The third-order valence-electron chi connectivity index (χ3n) is 8.05. The molecule has 8 heteroatoms. The number of benzene rings is 2. The van der Waals surface area contributed by atoms with Crippen molar-refractivity contribution in [2.75, 3.05) is 19.8 Å². The van der Waals surface area contributed by atoms with Gasteiger partial charge in [0.25, 0.3) is 5.91 Å². The Morgan fingerprint density at radius 2 is 1.75 bits per heavy atom. The summed E-state index contributed by atoms with van der Waals surface area (Å²) in [5.41, 5.74) is 2.71. The van der Waals surface area contributed by atoms with Crippen LogP contribution in [0.4, 0.5) is 0 Å². The van der Waals surface area contributed by atoms with E-state index in [2.05, 4.69) is 24.3 Å². The van der Waals surface area contributed by atoms with E-state index in [4.69, 9.17) is 9.47 Å². The van der Waals surface area contributed by atoms with Crippen LogP contribution in [0.3, 0.4) is 0 Å². The van der Waals surface area contributed by atoms with Crippen LogP contribution in [0.15, 0.2) is 59.7 Å². The van der Waals surface area contributed by atoms with Crippen molar-refractivity contribution in [2.24, 2.45) is 22.9 Å². The predicted octanol–water partition coefficient (Wildman–Crippen LogP) is 5.02. The molecule has 40 heavy (non-hydrogen) atoms. The number of carbonyl (C=O) groups is 3. The number of rotatable bonds is 11. The number of hydrogen-bond donors (Lipinski definition) is 1. The summed E-state index contributed by atoms with van der Waals surface area (Å²) < 4.78 is 10.7. The molecule has 0 spiro atoms. The summed E-state index contributed by atoms with van der Waals surface area (Å²) >= 11 is 0. The zero-order valence-corrected chi connectivity index (χ0v) is 23.8. The van der Waals surface area contributed by atoms with E-state index >= 15 is 0 Å². The molecule has 2 aliphatic rings. The number of hydrogen-bond acceptors (Lipinski definition) is 6. The van der Waals surface area contributed by atoms with Crippen molar-refractivity contribution in [2.45, 2.75) is 65.3 Å². The van der Waals surface area contributed by atoms with Gasteiger partial charge in [0.05, 0.1) is 25.0 Å². The van der Waals surface area contributed by atoms with E-state index in [9.17, 15) is 14.4 Å². The summed E-state index contributed by atoms with van der Waals surface area (Å²) in [6, 6.07) is 17.4. The molecule has 2 atom stereocenters. The van der Waals surface area contributed by atoms with Gasteiger partial charge in [0.2, 0.25) is 11.8 Å². The van der Waals surface area contributed by atoms with Crippen LogP contribution in [-0.2, 0) is 30.4 Å². The largest absolute Gasteiger partial charge is 0.466 e. The molecule has 1 fully saturated rings. The van der Waals surface area contributed by atoms with Gasteiger partial charge in [-0.05, 0) is 67.7 Å². The van der Waals surface area contributed by atoms with Gasteiger partial charge in [-0.3, -0.25) is 14.4 Å². The van der Waals surface area contributed by atoms with Crippen LogP contribution in [-0.4, -0.2) is 48.4 Å². The van der Waals surface area contributed by atoms with E-state index in [1.165, 1.54) is 5.01 Å². The predicted molar refractivity (Wildman–Crippen MR) is 153 cm³/mol. The molecule has 1 aliphatic carbocycles. The number of esters is 1. The summed E-state index contributed by atoms with van der Waals surface area (Å²) in [6.07, 6.45) is 4.35. The average Bonchev–Trinajstić information content (AvgIpc) is 2.99. The number of hydrazone groups is 1. The van der Waals surface area contributed by atoms with E-state index in [-0.39, 0.29) is 42.1 Å². The zero-order chi connectivity index (χ0) is 28.5. The third-order valence-corrected chi connectivity index (χ3v) is 8.05. The number of ether oxygens (including phenoxy) is 2. The number of nitrogens with one attached hydrogen (secondary N) is 1. The summed E-state index contributed by atoms with van der Waals surface area (Å²) in [5, 5.41) is 9.08. The first kappa shape index (κ1) is 29.3. The first-order valence-corrected chi connectivity index (χ1v) is 14.5. The fourth-order valence-corrected chi connectivity index (χ4v) is 5.44. The summed E-state index contributed by atoms with van der Waals surface area (Å²) in [7, 11) is 0. The smallest absolute Gasteiger partial charge is 0.308 e. The van der Waals surface area contributed by atoms with Crippen molar-refractivity contribution in [1.82, 2.24) is 10.3 Å². The minimum absolute atomic E-state index is 0.0124. The van der Waals surface area contributed by atoms with Gasteiger partial charge in [0.15, 0.2) is 6.61 Å². The Morgan fingerprint density at radius 1 is 1.05 bits per heavy atom. The molecule has 0 saturated heterocycles. The zero-order valence-electron chi connectivity index (χ0n) is 23.8. The van der Waals surface area contributed by atoms with Gasteiger partial charge in [0, 0.05) is 12.1 Å². The van der Waals surface area contributed by atoms with Crippen molar-refractivity contribution in [3.8, 4) is 0 Å². The Morgan fingerprint density at radius 3 is 2.40 bits per heavy atom. The van der Waals surface area contributed by atoms with Gasteiger partial charge in [-0.1, -0.05) is 62.7 Å². The lowest BCUT2D eigenvalue weighted by atomic mass is 9.81. The minimum atomic E-state index is -0.261. The van der Waals surface area contributed by atoms with Crippen molar-refractivity contribution in [1.29, 1.82) is 0 Å². The second-order valence-corrected chi connectivity index (χ2v) is 10.8. The Bertz CT molecular complexity index is 1170. The van der Waals surface area contributed by atoms with Crippen molar-refractivity contribution < 1.29 is 23.9 Å². The van der Waals surface area contributed by atoms with Gasteiger partial charge >= 0.3 is 5.97 Å². The lowest BCUT2D eigenvalue weighted by molar-refractivity contribution is -0.149. The molecule has 2 amide bonds. The quantitative estimate of drug-likeness (QED) is 0.399. The highest BCUT2D eigenvalue weighted by Crippen LogP contribution is 2.31. The molecule has 0 radical (unpaired) electrons. The molecule has 1 heterocycles. The average molecular weight is 548 g/mol. The van der Waals surface area contributed by atoms with Gasteiger partial charge in [-0.15, -0.1) is 5.10 Å². The van der Waals surface area contributed by atoms with Crippen LogP contribution < -0.4 is 5.32 Å². The molecule has 0 aromatic heterocycles. The van der Waals surface area contributed by atoms with E-state index < -0.39 is 0 Å². The fourth-order valence-electron chi connectivity index (χ4n) is 5.44. The fraction of sp³-hybridized carbons (Fsp3) is 0.500. The maximum Gasteiger partial charge on any atom is 0.308 e. The highest BCUT2D eigenvalue weighted by Gasteiger charge is 2.30. The molecule has 0 bridgehead atoms. The summed E-state index contributed by atoms with van der Waals surface area (Å²) in [6.45, 7) is 7.36. The Kier molecular flexibility index (Phi) is 10.3. The second kappa shape index (κ2) is 14.1. The van der Waals surface area contributed by atoms with Crippen LogP contribution in [0.25, 0.3) is 0 Å². The first-order valence-electron chi connectivity index (χ1n) is 14.5. The van der Waals surface area contributed by atoms with Crippen LogP contribution in [0.5, 0.6) is 0 Å². The van der Waals surface area contributed by atoms with E-state index in [0.717, 1.165) is 48.8 Å². The molecule has 1 N–H and O–H groups in total. The Balaban J connectivity index is 1.36. The van der Waals surface area contributed by atoms with Crippen molar-refractivity contribution in [3.63, 3.8) is 0 Å². The third kappa shape index (κ3) is 7.49. The highest BCUT2D eigenvalue weighted by atomic mass is 16.5. The molecular weight excluding hydrogens is 506 g/mol. The molecule has 2 unspecified atom stereocenters. The standard InChI is InChI=1S/C32H41N3O5/c1-4-22(3)29(30(37)33-19-23-11-17-27(18-12-23)32(38)39-5-2)25-15-13-24(14-16-25)20-35-28(36)21-40-31(34-35)26-9-7-6-8-10-26/h6-10,13-16,22-23,27,29H,4-5,11-12,17-21H2,1-3H3,(H,33,37). The van der Waals surface area contributed by atoms with Crippen LogP contribution in [0.2, 0.25) is 0 Å². The number of amides is 2. The molecular formula is C32H41N3O5. The molecule has 1 saturated carbocycles. The van der Waals surface area contributed by atoms with Gasteiger partial charge in [-0.2, -0.15) is 0 Å². The van der Waals surface area contributed by atoms with E-state index in [1.807, 2.05) is 61.5 Å². The number of carbonyl (C=O) groups excluding carboxylic acids is 3. The minimum Gasteiger partial charge on any atom is -0.466 e. The van der Waals surface area contributed by atoms with Crippen LogP contribution >= 0.6 is 0 Å². The molecule has 1 aliphatic heterocycles. The van der Waals surface area contributed by atoms with Gasteiger partial charge in [0.1, 0.15) is 0 Å². The molecule has 2 aromatic carbocycles. The Hall–Kier alpha value is -3.68. The molecule has 8 nitrogen and oxygen atoms in total. The SMILES string of the molecule is CCOC(=O)C1CCC(CNC(=O)C(c2ccc(CN3N=C(c4ccccc4)OCC3=O)cc2)C(C)CC)CC1. The first-order chi connectivity index (χ1) is 19.4. The van der Waals surface area contributed by atoms with E-state index in [1.54, 1.807) is 0 Å². The normalized spacial score (nSPS) is 20.6. The van der Waals surface area contributed by atoms with Crippen LogP contribution in [0.1, 0.15) is 75.5 Å². The van der Waals surface area contributed by atoms with Crippen LogP contribution in [0, 0.1) is 17.8 Å². The lowest BCUT2D eigenvalue weighted by Gasteiger charge is -2.29. The molecule has 214 valence electrons. The van der Waals surface area contributed by atoms with Crippen molar-refractivity contribution in [3.05, 3.63) is 71.3 Å². The monoisotopic (exact) mass is 547 g/mol. The summed E-state index contributed by atoms with van der Waals surface area (Å²) in [5.74, 6) is 0.453. The lowest BCUT2D eigenvalue weighted by Crippen LogP contribution is -2.37. The Labute approximate surface area is 237 Å². The maximum atomic E-state index is 13.4. The van der Waals surface area contributed by atoms with E-state index in [0.29, 0.717) is 31.5 Å². The van der Waals surface area contributed by atoms with Crippen molar-refractivity contribution >= 4 is 23.7 Å². The van der Waals surface area contributed by atoms with Gasteiger partial charge in [-0.25, -0.2) is 5.01 Å². The second-order valence-electron chi connectivity index (χ2n) is 10.8. The topological polar surface area (TPSA) is 97.3 Å². The number of nitrogens with zero attached hydrogens (tertiary/aromatic N) is 2. The summed E-state index contributed by atoms with van der Waals surface area (Å²) in [4.78, 5) is 37.9. The highest BCUT2D eigenvalue weighted by molar-refractivity contribution is 5.97.